The molecule has 114 valence electrons. The van der Waals surface area contributed by atoms with Gasteiger partial charge in [-0.15, -0.1) is 35.3 Å². The van der Waals surface area contributed by atoms with Crippen molar-refractivity contribution in [3.05, 3.63) is 16.1 Å². The monoisotopic (exact) mass is 426 g/mol. The Kier molecular flexibility index (Phi) is 8.86. The van der Waals surface area contributed by atoms with Crippen LogP contribution in [0.4, 0.5) is 0 Å². The van der Waals surface area contributed by atoms with Gasteiger partial charge in [0.1, 0.15) is 0 Å². The maximum absolute atomic E-state index is 4.46. The SMILES string of the molecule is CN=C(NCCc1csc(C)n1)NCC1CCCS1.I. The predicted octanol–water partition coefficient (Wildman–Crippen LogP) is 2.67. The van der Waals surface area contributed by atoms with Gasteiger partial charge in [-0.2, -0.15) is 11.8 Å². The Morgan fingerprint density at radius 2 is 2.35 bits per heavy atom. The number of halogens is 1. The maximum Gasteiger partial charge on any atom is 0.191 e. The molecule has 2 N–H and O–H groups in total. The number of aliphatic imine (C=N–C) groups is 1. The van der Waals surface area contributed by atoms with Gasteiger partial charge in [-0.25, -0.2) is 4.98 Å². The van der Waals surface area contributed by atoms with E-state index in [9.17, 15) is 0 Å². The molecule has 1 unspecified atom stereocenters. The molecule has 20 heavy (non-hydrogen) atoms. The van der Waals surface area contributed by atoms with Crippen molar-refractivity contribution in [1.29, 1.82) is 0 Å². The first kappa shape index (κ1) is 18.0. The lowest BCUT2D eigenvalue weighted by atomic mass is 10.2. The summed E-state index contributed by atoms with van der Waals surface area (Å²) in [6, 6.07) is 0. The summed E-state index contributed by atoms with van der Waals surface area (Å²) in [6.07, 6.45) is 3.63. The Morgan fingerprint density at radius 3 is 2.95 bits per heavy atom. The number of thiazole rings is 1. The molecule has 1 fully saturated rings. The third kappa shape index (κ3) is 6.17. The first-order valence-corrected chi connectivity index (χ1v) is 8.68. The minimum atomic E-state index is 0. The van der Waals surface area contributed by atoms with Crippen LogP contribution in [0.3, 0.4) is 0 Å². The Labute approximate surface area is 146 Å². The van der Waals surface area contributed by atoms with Crippen LogP contribution in [0.15, 0.2) is 10.4 Å². The van der Waals surface area contributed by atoms with Crippen LogP contribution in [0.1, 0.15) is 23.5 Å². The second kappa shape index (κ2) is 9.83. The minimum absolute atomic E-state index is 0. The first-order chi connectivity index (χ1) is 9.28. The Balaban J connectivity index is 0.00000200. The van der Waals surface area contributed by atoms with Crippen LogP contribution in [0.5, 0.6) is 0 Å². The zero-order chi connectivity index (χ0) is 13.5. The number of hydrogen-bond donors (Lipinski definition) is 2. The second-order valence-corrected chi connectivity index (χ2v) is 7.09. The Hall–Kier alpha value is -0.0200. The second-order valence-electron chi connectivity index (χ2n) is 4.62. The number of thioether (sulfide) groups is 1. The highest BCUT2D eigenvalue weighted by atomic mass is 127. The molecule has 0 saturated carbocycles. The fourth-order valence-electron chi connectivity index (χ4n) is 2.07. The van der Waals surface area contributed by atoms with Crippen LogP contribution in [0, 0.1) is 6.92 Å². The maximum atomic E-state index is 4.46. The topological polar surface area (TPSA) is 49.3 Å². The summed E-state index contributed by atoms with van der Waals surface area (Å²) in [6.45, 7) is 3.93. The smallest absolute Gasteiger partial charge is 0.191 e. The molecule has 1 saturated heterocycles. The molecule has 1 aromatic rings. The van der Waals surface area contributed by atoms with Gasteiger partial charge in [0.15, 0.2) is 5.96 Å². The molecular formula is C13H23IN4S2. The number of rotatable bonds is 5. The van der Waals surface area contributed by atoms with Gasteiger partial charge in [0.2, 0.25) is 0 Å². The molecule has 1 aliphatic heterocycles. The van der Waals surface area contributed by atoms with Gasteiger partial charge in [0.25, 0.3) is 0 Å². The summed E-state index contributed by atoms with van der Waals surface area (Å²) in [7, 11) is 1.82. The number of hydrogen-bond acceptors (Lipinski definition) is 4. The molecule has 2 rings (SSSR count). The van der Waals surface area contributed by atoms with Gasteiger partial charge < -0.3 is 10.6 Å². The summed E-state index contributed by atoms with van der Waals surface area (Å²) in [5, 5.41) is 10.8. The van der Waals surface area contributed by atoms with Crippen molar-refractivity contribution >= 4 is 53.0 Å². The summed E-state index contributed by atoms with van der Waals surface area (Å²) >= 11 is 3.77. The molecule has 0 bridgehead atoms. The van der Waals surface area contributed by atoms with E-state index in [1.54, 1.807) is 11.3 Å². The molecule has 4 nitrogen and oxygen atoms in total. The zero-order valence-electron chi connectivity index (χ0n) is 12.0. The molecule has 0 radical (unpaired) electrons. The van der Waals surface area contributed by atoms with Gasteiger partial charge in [0, 0.05) is 37.2 Å². The molecule has 1 atom stereocenters. The van der Waals surface area contributed by atoms with Gasteiger partial charge >= 0.3 is 0 Å². The third-order valence-electron chi connectivity index (χ3n) is 3.08. The number of aryl methyl sites for hydroxylation is 1. The average Bonchev–Trinajstić information content (AvgIpc) is 3.05. The molecule has 7 heteroatoms. The van der Waals surface area contributed by atoms with Crippen LogP contribution in [0.2, 0.25) is 0 Å². The van der Waals surface area contributed by atoms with E-state index in [1.165, 1.54) is 18.6 Å². The molecule has 1 aromatic heterocycles. The van der Waals surface area contributed by atoms with Crippen molar-refractivity contribution in [2.24, 2.45) is 4.99 Å². The quantitative estimate of drug-likeness (QED) is 0.432. The van der Waals surface area contributed by atoms with E-state index < -0.39 is 0 Å². The van der Waals surface area contributed by atoms with E-state index in [2.05, 4.69) is 37.8 Å². The number of guanidine groups is 1. The Morgan fingerprint density at radius 1 is 1.50 bits per heavy atom. The van der Waals surface area contributed by atoms with Gasteiger partial charge in [-0.1, -0.05) is 0 Å². The van der Waals surface area contributed by atoms with Crippen LogP contribution in [-0.4, -0.2) is 42.1 Å². The summed E-state index contributed by atoms with van der Waals surface area (Å²) in [4.78, 5) is 8.71. The summed E-state index contributed by atoms with van der Waals surface area (Å²) in [5.41, 5.74) is 1.16. The fraction of sp³-hybridized carbons (Fsp3) is 0.692. The molecule has 2 heterocycles. The molecule has 0 spiro atoms. The molecular weight excluding hydrogens is 403 g/mol. The van der Waals surface area contributed by atoms with Crippen LogP contribution in [0.25, 0.3) is 0 Å². The molecule has 0 aliphatic carbocycles. The fourth-order valence-corrected chi connectivity index (χ4v) is 3.92. The van der Waals surface area contributed by atoms with Crippen molar-refractivity contribution in [2.75, 3.05) is 25.9 Å². The predicted molar refractivity (Wildman–Crippen MR) is 101 cm³/mol. The van der Waals surface area contributed by atoms with E-state index in [1.807, 2.05) is 14.0 Å². The van der Waals surface area contributed by atoms with E-state index in [4.69, 9.17) is 0 Å². The standard InChI is InChI=1S/C13H22N4S2.HI/c1-10-17-11(9-19-10)5-6-15-13(14-2)16-8-12-4-3-7-18-12;/h9,12H,3-8H2,1-2H3,(H2,14,15,16);1H. The van der Waals surface area contributed by atoms with Crippen LogP contribution in [-0.2, 0) is 6.42 Å². The highest BCUT2D eigenvalue weighted by Gasteiger charge is 2.15. The first-order valence-electron chi connectivity index (χ1n) is 6.75. The number of aromatic nitrogens is 1. The third-order valence-corrected chi connectivity index (χ3v) is 5.31. The van der Waals surface area contributed by atoms with E-state index >= 15 is 0 Å². The highest BCUT2D eigenvalue weighted by molar-refractivity contribution is 14.0. The molecule has 0 aromatic carbocycles. The van der Waals surface area contributed by atoms with Crippen molar-refractivity contribution < 1.29 is 0 Å². The van der Waals surface area contributed by atoms with Crippen LogP contribution >= 0.6 is 47.1 Å². The van der Waals surface area contributed by atoms with E-state index in [-0.39, 0.29) is 24.0 Å². The lowest BCUT2D eigenvalue weighted by Crippen LogP contribution is -2.40. The highest BCUT2D eigenvalue weighted by Crippen LogP contribution is 2.25. The van der Waals surface area contributed by atoms with Crippen molar-refractivity contribution in [2.45, 2.75) is 31.4 Å². The number of nitrogens with one attached hydrogen (secondary N) is 2. The zero-order valence-corrected chi connectivity index (χ0v) is 16.0. The van der Waals surface area contributed by atoms with Crippen molar-refractivity contribution in [3.63, 3.8) is 0 Å². The lowest BCUT2D eigenvalue weighted by molar-refractivity contribution is 0.723. The lowest BCUT2D eigenvalue weighted by Gasteiger charge is -2.14. The largest absolute Gasteiger partial charge is 0.356 e. The van der Waals surface area contributed by atoms with Crippen molar-refractivity contribution in [1.82, 2.24) is 15.6 Å². The Bertz CT molecular complexity index is 416. The van der Waals surface area contributed by atoms with Gasteiger partial charge in [-0.3, -0.25) is 4.99 Å². The van der Waals surface area contributed by atoms with Gasteiger partial charge in [0.05, 0.1) is 10.7 Å². The van der Waals surface area contributed by atoms with Crippen LogP contribution < -0.4 is 10.6 Å². The minimum Gasteiger partial charge on any atom is -0.356 e. The van der Waals surface area contributed by atoms with Gasteiger partial charge in [-0.05, 0) is 25.5 Å². The summed E-state index contributed by atoms with van der Waals surface area (Å²) < 4.78 is 0. The normalized spacial score (nSPS) is 18.7. The van der Waals surface area contributed by atoms with E-state index in [0.29, 0.717) is 0 Å². The summed E-state index contributed by atoms with van der Waals surface area (Å²) in [5.74, 6) is 2.21. The molecule has 1 aliphatic rings. The molecule has 0 amide bonds. The van der Waals surface area contributed by atoms with E-state index in [0.717, 1.165) is 41.4 Å². The number of nitrogens with zero attached hydrogens (tertiary/aromatic N) is 2. The van der Waals surface area contributed by atoms with Crippen molar-refractivity contribution in [3.8, 4) is 0 Å². The average molecular weight is 426 g/mol.